The summed E-state index contributed by atoms with van der Waals surface area (Å²) in [6, 6.07) is 0. The fourth-order valence-electron chi connectivity index (χ4n) is 0.342. The molecule has 0 aliphatic carbocycles. The van der Waals surface area contributed by atoms with E-state index in [4.69, 9.17) is 10.2 Å². The van der Waals surface area contributed by atoms with E-state index in [1.165, 1.54) is 6.92 Å². The number of allylic oxidation sites excluding steroid dienone is 1. The van der Waals surface area contributed by atoms with Gasteiger partial charge in [-0.15, -0.1) is 0 Å². The van der Waals surface area contributed by atoms with Crippen LogP contribution < -0.4 is 0 Å². The van der Waals surface area contributed by atoms with Crippen molar-refractivity contribution in [3.8, 4) is 0 Å². The molecule has 11 heavy (non-hydrogen) atoms. The molecule has 0 unspecified atom stereocenters. The van der Waals surface area contributed by atoms with E-state index in [0.717, 1.165) is 6.08 Å². The highest BCUT2D eigenvalue weighted by atomic mass is 16.4. The molecule has 4 nitrogen and oxygen atoms in total. The van der Waals surface area contributed by atoms with Gasteiger partial charge in [-0.25, -0.2) is 4.79 Å². The third kappa shape index (κ3) is 3.20. The minimum absolute atomic E-state index is 0.134. The second-order valence-electron chi connectivity index (χ2n) is 1.94. The van der Waals surface area contributed by atoms with Crippen LogP contribution >= 0.6 is 0 Å². The molecule has 0 fully saturated rings. The molecule has 0 rings (SSSR count). The molecule has 0 bridgehead atoms. The van der Waals surface area contributed by atoms with Crippen LogP contribution in [0.2, 0.25) is 0 Å². The third-order valence-corrected chi connectivity index (χ3v) is 0.969. The molecule has 0 atom stereocenters. The van der Waals surface area contributed by atoms with Crippen LogP contribution in [0.1, 0.15) is 6.92 Å². The number of carboxylic acids is 1. The number of hydrogen-bond donors (Lipinski definition) is 2. The molecule has 0 amide bonds. The zero-order valence-corrected chi connectivity index (χ0v) is 6.00. The van der Waals surface area contributed by atoms with E-state index in [-0.39, 0.29) is 5.57 Å². The Hall–Kier alpha value is -1.58. The van der Waals surface area contributed by atoms with E-state index >= 15 is 0 Å². The van der Waals surface area contributed by atoms with Crippen LogP contribution in [0.5, 0.6) is 0 Å². The lowest BCUT2D eigenvalue weighted by Crippen LogP contribution is -2.02. The normalized spacial score (nSPS) is 10.8. The highest BCUT2D eigenvalue weighted by Crippen LogP contribution is 1.95. The number of carboxylic acid groups (broad SMARTS) is 1. The van der Waals surface area contributed by atoms with Crippen molar-refractivity contribution >= 4 is 11.8 Å². The summed E-state index contributed by atoms with van der Waals surface area (Å²) in [5.41, 5.74) is -0.134. The number of carbonyl (C=O) groups is 2. The maximum Gasteiger partial charge on any atom is 0.331 e. The Morgan fingerprint density at radius 2 is 1.82 bits per heavy atom. The van der Waals surface area contributed by atoms with Crippen LogP contribution in [-0.2, 0) is 9.59 Å². The highest BCUT2D eigenvalue weighted by Gasteiger charge is 2.05. The van der Waals surface area contributed by atoms with Gasteiger partial charge in [0.05, 0.1) is 0 Å². The van der Waals surface area contributed by atoms with E-state index in [9.17, 15) is 9.59 Å². The number of aliphatic hydroxyl groups is 1. The first kappa shape index (κ1) is 9.42. The van der Waals surface area contributed by atoms with Crippen molar-refractivity contribution in [1.29, 1.82) is 0 Å². The van der Waals surface area contributed by atoms with Crippen molar-refractivity contribution in [2.75, 3.05) is 0 Å². The average Bonchev–Trinajstić information content (AvgIpc) is 1.87. The predicted molar refractivity (Wildman–Crippen MR) is 38.2 cm³/mol. The Bertz CT molecular complexity index is 237. The van der Waals surface area contributed by atoms with Crippen molar-refractivity contribution in [3.63, 3.8) is 0 Å². The highest BCUT2D eigenvalue weighted by molar-refractivity contribution is 6.05. The lowest BCUT2D eigenvalue weighted by atomic mass is 10.2. The predicted octanol–water partition coefficient (Wildman–Crippen LogP) is 0.658. The fraction of sp³-hybridized carbons (Fsp3) is 0.143. The Labute approximate surface area is 63.5 Å². The zero-order valence-electron chi connectivity index (χ0n) is 6.00. The Kier molecular flexibility index (Phi) is 3.04. The van der Waals surface area contributed by atoms with E-state index in [2.05, 4.69) is 6.58 Å². The van der Waals surface area contributed by atoms with Gasteiger partial charge in [0.2, 0.25) is 5.78 Å². The molecular weight excluding hydrogens is 148 g/mol. The summed E-state index contributed by atoms with van der Waals surface area (Å²) in [7, 11) is 0. The molecule has 0 aliphatic rings. The lowest BCUT2D eigenvalue weighted by Gasteiger charge is -1.91. The number of aliphatic hydroxyl groups excluding tert-OH is 1. The summed E-state index contributed by atoms with van der Waals surface area (Å²) in [4.78, 5) is 20.7. The smallest absolute Gasteiger partial charge is 0.331 e. The maximum atomic E-state index is 10.6. The molecule has 0 radical (unpaired) electrons. The molecule has 60 valence electrons. The van der Waals surface area contributed by atoms with Gasteiger partial charge in [0.15, 0.2) is 5.76 Å². The Morgan fingerprint density at radius 1 is 1.36 bits per heavy atom. The van der Waals surface area contributed by atoms with Crippen molar-refractivity contribution in [2.45, 2.75) is 6.92 Å². The first-order valence-corrected chi connectivity index (χ1v) is 2.79. The number of carbonyl (C=O) groups excluding carboxylic acids is 1. The van der Waals surface area contributed by atoms with Crippen LogP contribution in [0.15, 0.2) is 24.0 Å². The summed E-state index contributed by atoms with van der Waals surface area (Å²) < 4.78 is 0. The SMILES string of the molecule is C=C(O)C(=O)C=C(C)C(=O)O. The monoisotopic (exact) mass is 156 g/mol. The maximum absolute atomic E-state index is 10.6. The third-order valence-electron chi connectivity index (χ3n) is 0.969. The van der Waals surface area contributed by atoms with Crippen molar-refractivity contribution in [2.24, 2.45) is 0 Å². The average molecular weight is 156 g/mol. The summed E-state index contributed by atoms with van der Waals surface area (Å²) in [5, 5.41) is 16.8. The molecule has 0 aromatic rings. The van der Waals surface area contributed by atoms with Gasteiger partial charge in [0.25, 0.3) is 0 Å². The van der Waals surface area contributed by atoms with Gasteiger partial charge < -0.3 is 10.2 Å². The van der Waals surface area contributed by atoms with Crippen LogP contribution in [0.3, 0.4) is 0 Å². The summed E-state index contributed by atoms with van der Waals surface area (Å²) in [5.74, 6) is -2.64. The second kappa shape index (κ2) is 3.55. The van der Waals surface area contributed by atoms with Crippen LogP contribution in [0.25, 0.3) is 0 Å². The number of ketones is 1. The lowest BCUT2D eigenvalue weighted by molar-refractivity contribution is -0.132. The molecule has 0 saturated carbocycles. The van der Waals surface area contributed by atoms with Gasteiger partial charge in [0.1, 0.15) is 0 Å². The minimum atomic E-state index is -1.19. The summed E-state index contributed by atoms with van der Waals surface area (Å²) in [6.45, 7) is 4.19. The van der Waals surface area contributed by atoms with E-state index < -0.39 is 17.5 Å². The van der Waals surface area contributed by atoms with Gasteiger partial charge >= 0.3 is 5.97 Å². The zero-order chi connectivity index (χ0) is 9.02. The van der Waals surface area contributed by atoms with E-state index in [1.807, 2.05) is 0 Å². The van der Waals surface area contributed by atoms with Crippen LogP contribution in [0.4, 0.5) is 0 Å². The van der Waals surface area contributed by atoms with E-state index in [0.29, 0.717) is 0 Å². The quantitative estimate of drug-likeness (QED) is 0.465. The first-order valence-electron chi connectivity index (χ1n) is 2.79. The minimum Gasteiger partial charge on any atom is -0.505 e. The van der Waals surface area contributed by atoms with Gasteiger partial charge in [-0.2, -0.15) is 0 Å². The topological polar surface area (TPSA) is 74.6 Å². The molecule has 0 aromatic heterocycles. The Balaban J connectivity index is 4.44. The molecule has 0 aliphatic heterocycles. The van der Waals surface area contributed by atoms with Crippen molar-refractivity contribution in [3.05, 3.63) is 24.0 Å². The van der Waals surface area contributed by atoms with Gasteiger partial charge in [-0.05, 0) is 13.0 Å². The van der Waals surface area contributed by atoms with Crippen LogP contribution in [0, 0.1) is 0 Å². The Morgan fingerprint density at radius 3 is 2.09 bits per heavy atom. The number of hydrogen-bond acceptors (Lipinski definition) is 3. The standard InChI is InChI=1S/C7H8O4/c1-4(7(10)11)3-6(9)5(2)8/h3,8H,2H2,1H3,(H,10,11). The molecule has 0 saturated heterocycles. The van der Waals surface area contributed by atoms with Gasteiger partial charge in [-0.1, -0.05) is 6.58 Å². The van der Waals surface area contributed by atoms with Gasteiger partial charge in [0, 0.05) is 5.57 Å². The molecule has 2 N–H and O–H groups in total. The van der Waals surface area contributed by atoms with Crippen LogP contribution in [-0.4, -0.2) is 22.0 Å². The fourth-order valence-corrected chi connectivity index (χ4v) is 0.342. The second-order valence-corrected chi connectivity index (χ2v) is 1.94. The van der Waals surface area contributed by atoms with Gasteiger partial charge in [-0.3, -0.25) is 4.79 Å². The largest absolute Gasteiger partial charge is 0.505 e. The summed E-state index contributed by atoms with van der Waals surface area (Å²) in [6.07, 6.45) is 0.810. The molecule has 0 spiro atoms. The summed E-state index contributed by atoms with van der Waals surface area (Å²) >= 11 is 0. The number of rotatable bonds is 3. The molecule has 0 aromatic carbocycles. The molecular formula is C7H8O4. The molecule has 0 heterocycles. The number of aliphatic carboxylic acids is 1. The molecule has 4 heteroatoms. The van der Waals surface area contributed by atoms with E-state index in [1.54, 1.807) is 0 Å². The first-order chi connectivity index (χ1) is 4.95. The van der Waals surface area contributed by atoms with Crippen molar-refractivity contribution < 1.29 is 19.8 Å². The van der Waals surface area contributed by atoms with Crippen molar-refractivity contribution in [1.82, 2.24) is 0 Å².